The highest BCUT2D eigenvalue weighted by atomic mass is 32.1. The summed E-state index contributed by atoms with van der Waals surface area (Å²) < 4.78 is 5.36. The van der Waals surface area contributed by atoms with E-state index < -0.39 is 0 Å². The minimum absolute atomic E-state index is 0.0202. The molecular weight excluding hydrogens is 250 g/mol. The maximum Gasteiger partial charge on any atom is 0.139 e. The van der Waals surface area contributed by atoms with Crippen molar-refractivity contribution >= 4 is 23.0 Å². The second kappa shape index (κ2) is 5.60. The summed E-state index contributed by atoms with van der Waals surface area (Å²) in [7, 11) is 0. The first-order valence-electron chi connectivity index (χ1n) is 5.85. The molecule has 1 atom stereocenters. The maximum atomic E-state index is 9.41. The first kappa shape index (κ1) is 13.2. The molecule has 2 heterocycles. The highest BCUT2D eigenvalue weighted by molar-refractivity contribution is 7.80. The third-order valence-corrected chi connectivity index (χ3v) is 3.30. The van der Waals surface area contributed by atoms with Crippen LogP contribution in [0, 0.1) is 6.92 Å². The molecule has 0 aromatic carbocycles. The number of thiocarbonyl (C=S) groups is 1. The average Bonchev–Trinajstić information content (AvgIpc) is 2.38. The van der Waals surface area contributed by atoms with Gasteiger partial charge in [0.05, 0.1) is 31.4 Å². The smallest absolute Gasteiger partial charge is 0.139 e. The predicted molar refractivity (Wildman–Crippen MR) is 73.9 cm³/mol. The van der Waals surface area contributed by atoms with Gasteiger partial charge in [-0.15, -0.1) is 0 Å². The van der Waals surface area contributed by atoms with Gasteiger partial charge < -0.3 is 20.5 Å². The first-order valence-corrected chi connectivity index (χ1v) is 6.26. The van der Waals surface area contributed by atoms with Gasteiger partial charge in [-0.1, -0.05) is 12.2 Å². The number of hydrogen-bond acceptors (Lipinski definition) is 5. The van der Waals surface area contributed by atoms with Crippen LogP contribution >= 0.6 is 12.2 Å². The van der Waals surface area contributed by atoms with Gasteiger partial charge in [-0.3, -0.25) is 0 Å². The topological polar surface area (TPSA) is 71.6 Å². The number of nitrogens with two attached hydrogens (primary N) is 1. The van der Waals surface area contributed by atoms with Gasteiger partial charge in [0, 0.05) is 12.7 Å². The fourth-order valence-electron chi connectivity index (χ4n) is 2.15. The van der Waals surface area contributed by atoms with E-state index in [0.717, 1.165) is 16.9 Å². The predicted octanol–water partition coefficient (Wildman–Crippen LogP) is 0.222. The van der Waals surface area contributed by atoms with E-state index in [4.69, 9.17) is 22.7 Å². The third kappa shape index (κ3) is 2.45. The number of anilines is 1. The summed E-state index contributed by atoms with van der Waals surface area (Å²) in [6, 6.07) is 1.79. The monoisotopic (exact) mass is 267 g/mol. The lowest BCUT2D eigenvalue weighted by atomic mass is 10.1. The summed E-state index contributed by atoms with van der Waals surface area (Å²) in [5.74, 6) is 0.741. The number of nitrogens with zero attached hydrogens (tertiary/aromatic N) is 2. The van der Waals surface area contributed by atoms with E-state index in [-0.39, 0.29) is 12.6 Å². The molecule has 1 aliphatic heterocycles. The van der Waals surface area contributed by atoms with E-state index in [9.17, 15) is 5.11 Å². The van der Waals surface area contributed by atoms with Gasteiger partial charge in [-0.05, 0) is 18.6 Å². The molecule has 98 valence electrons. The fraction of sp³-hybridized carbons (Fsp3) is 0.500. The zero-order chi connectivity index (χ0) is 13.1. The Bertz CT molecular complexity index is 453. The quantitative estimate of drug-likeness (QED) is 0.764. The van der Waals surface area contributed by atoms with Crippen LogP contribution in [0.3, 0.4) is 0 Å². The van der Waals surface area contributed by atoms with Gasteiger partial charge in [0.1, 0.15) is 10.8 Å². The van der Waals surface area contributed by atoms with Crippen molar-refractivity contribution in [2.45, 2.75) is 13.0 Å². The zero-order valence-electron chi connectivity index (χ0n) is 10.3. The molecule has 0 aliphatic carbocycles. The van der Waals surface area contributed by atoms with Crippen LogP contribution in [-0.2, 0) is 4.74 Å². The molecule has 1 unspecified atom stereocenters. The van der Waals surface area contributed by atoms with Gasteiger partial charge in [-0.25, -0.2) is 4.98 Å². The van der Waals surface area contributed by atoms with Crippen molar-refractivity contribution < 1.29 is 9.84 Å². The molecule has 18 heavy (non-hydrogen) atoms. The lowest BCUT2D eigenvalue weighted by molar-refractivity contribution is 0.0722. The number of aliphatic hydroxyl groups is 1. The second-order valence-corrected chi connectivity index (χ2v) is 4.74. The Morgan fingerprint density at radius 3 is 3.17 bits per heavy atom. The Morgan fingerprint density at radius 1 is 1.72 bits per heavy atom. The van der Waals surface area contributed by atoms with Gasteiger partial charge >= 0.3 is 0 Å². The average molecular weight is 267 g/mol. The van der Waals surface area contributed by atoms with E-state index in [1.54, 1.807) is 6.20 Å². The maximum absolute atomic E-state index is 9.41. The Balaban J connectivity index is 2.42. The van der Waals surface area contributed by atoms with Crippen LogP contribution in [0.2, 0.25) is 0 Å². The summed E-state index contributed by atoms with van der Waals surface area (Å²) >= 11 is 5.10. The lowest BCUT2D eigenvalue weighted by Crippen LogP contribution is -2.48. The van der Waals surface area contributed by atoms with Crippen LogP contribution in [0.1, 0.15) is 11.1 Å². The Morgan fingerprint density at radius 2 is 2.50 bits per heavy atom. The largest absolute Gasteiger partial charge is 0.394 e. The van der Waals surface area contributed by atoms with Crippen LogP contribution in [0.15, 0.2) is 12.3 Å². The molecule has 0 bridgehead atoms. The van der Waals surface area contributed by atoms with Crippen molar-refractivity contribution in [2.75, 3.05) is 31.3 Å². The Kier molecular flexibility index (Phi) is 4.11. The van der Waals surface area contributed by atoms with Crippen LogP contribution in [-0.4, -0.2) is 47.5 Å². The molecule has 1 aliphatic rings. The number of ether oxygens (including phenoxy) is 1. The standard InChI is InChI=1S/C12H17N3O2S/c1-8-2-3-14-12(10(8)11(13)18)15-4-5-17-7-9(15)6-16/h2-3,9,16H,4-7H2,1H3,(H2,13,18). The highest BCUT2D eigenvalue weighted by Gasteiger charge is 2.26. The van der Waals surface area contributed by atoms with E-state index in [0.29, 0.717) is 24.7 Å². The van der Waals surface area contributed by atoms with Gasteiger partial charge in [0.15, 0.2) is 0 Å². The van der Waals surface area contributed by atoms with Crippen molar-refractivity contribution in [3.05, 3.63) is 23.4 Å². The first-order chi connectivity index (χ1) is 8.65. The van der Waals surface area contributed by atoms with E-state index in [1.807, 2.05) is 17.9 Å². The van der Waals surface area contributed by atoms with Crippen molar-refractivity contribution in [3.8, 4) is 0 Å². The number of hydrogen-bond donors (Lipinski definition) is 2. The van der Waals surface area contributed by atoms with Gasteiger partial charge in [0.25, 0.3) is 0 Å². The molecule has 0 amide bonds. The minimum atomic E-state index is -0.0962. The molecule has 5 nitrogen and oxygen atoms in total. The molecule has 1 aromatic rings. The van der Waals surface area contributed by atoms with Crippen LogP contribution in [0.5, 0.6) is 0 Å². The molecule has 6 heteroatoms. The van der Waals surface area contributed by atoms with E-state index in [1.165, 1.54) is 0 Å². The minimum Gasteiger partial charge on any atom is -0.394 e. The SMILES string of the molecule is Cc1ccnc(N2CCOCC2CO)c1C(N)=S. The zero-order valence-corrected chi connectivity index (χ0v) is 11.1. The van der Waals surface area contributed by atoms with Crippen molar-refractivity contribution in [3.63, 3.8) is 0 Å². The normalized spacial score (nSPS) is 19.9. The second-order valence-electron chi connectivity index (χ2n) is 4.30. The van der Waals surface area contributed by atoms with Crippen molar-refractivity contribution in [2.24, 2.45) is 5.73 Å². The summed E-state index contributed by atoms with van der Waals surface area (Å²) in [5, 5.41) is 9.41. The van der Waals surface area contributed by atoms with Crippen LogP contribution in [0.25, 0.3) is 0 Å². The summed E-state index contributed by atoms with van der Waals surface area (Å²) in [6.45, 7) is 3.75. The summed E-state index contributed by atoms with van der Waals surface area (Å²) in [6.07, 6.45) is 1.73. The molecule has 2 rings (SSSR count). The van der Waals surface area contributed by atoms with Crippen molar-refractivity contribution in [1.29, 1.82) is 0 Å². The fourth-order valence-corrected chi connectivity index (χ4v) is 2.40. The molecule has 0 saturated carbocycles. The number of morpholine rings is 1. The third-order valence-electron chi connectivity index (χ3n) is 3.10. The Labute approximate surface area is 112 Å². The highest BCUT2D eigenvalue weighted by Crippen LogP contribution is 2.24. The molecule has 1 aromatic heterocycles. The number of pyridine rings is 1. The number of aryl methyl sites for hydroxylation is 1. The summed E-state index contributed by atoms with van der Waals surface area (Å²) in [5.41, 5.74) is 7.56. The van der Waals surface area contributed by atoms with Crippen LogP contribution < -0.4 is 10.6 Å². The molecule has 0 spiro atoms. The Hall–Kier alpha value is -1.24. The molecular formula is C12H17N3O2S. The number of aromatic nitrogens is 1. The molecule has 1 fully saturated rings. The number of aliphatic hydroxyl groups excluding tert-OH is 1. The van der Waals surface area contributed by atoms with Crippen molar-refractivity contribution in [1.82, 2.24) is 4.98 Å². The van der Waals surface area contributed by atoms with E-state index >= 15 is 0 Å². The van der Waals surface area contributed by atoms with Crippen LogP contribution in [0.4, 0.5) is 5.82 Å². The lowest BCUT2D eigenvalue weighted by Gasteiger charge is -2.36. The molecule has 0 radical (unpaired) electrons. The van der Waals surface area contributed by atoms with Gasteiger partial charge in [0.2, 0.25) is 0 Å². The van der Waals surface area contributed by atoms with Gasteiger partial charge in [-0.2, -0.15) is 0 Å². The summed E-state index contributed by atoms with van der Waals surface area (Å²) in [4.78, 5) is 6.73. The van der Waals surface area contributed by atoms with E-state index in [2.05, 4.69) is 4.98 Å². The molecule has 1 saturated heterocycles. The molecule has 3 N–H and O–H groups in total. The number of rotatable bonds is 3.